The van der Waals surface area contributed by atoms with Gasteiger partial charge in [0.15, 0.2) is 0 Å². The van der Waals surface area contributed by atoms with Crippen LogP contribution in [0, 0.1) is 12.3 Å². The van der Waals surface area contributed by atoms with Crippen molar-refractivity contribution in [2.75, 3.05) is 13.7 Å². The fraction of sp³-hybridized carbons (Fsp3) is 0.545. The van der Waals surface area contributed by atoms with Crippen LogP contribution in [0.15, 0.2) is 18.2 Å². The summed E-state index contributed by atoms with van der Waals surface area (Å²) in [5.74, 6) is -0.176. The standard InChI is InChI=1S/C21H27F5N2O2.CO2/c1-6-16-13(2)18(28(27-16)9-10-29-5)15-8-7-14(11-17(15)30-19(22)23)12-20(3,4)21(24,25)26;2-1-3/h7-8,11,19H,6,9-10,12H2,1-5H3;. The molecule has 0 atom stereocenters. The first kappa shape index (κ1) is 28.3. The van der Waals surface area contributed by atoms with E-state index in [1.54, 1.807) is 11.8 Å². The molecule has 2 aromatic rings. The van der Waals surface area contributed by atoms with Gasteiger partial charge in [0.25, 0.3) is 0 Å². The van der Waals surface area contributed by atoms with Crippen molar-refractivity contribution in [1.29, 1.82) is 0 Å². The highest BCUT2D eigenvalue weighted by Crippen LogP contribution is 2.42. The summed E-state index contributed by atoms with van der Waals surface area (Å²) in [6.45, 7) is 3.55. The first-order valence-electron chi connectivity index (χ1n) is 10.0. The van der Waals surface area contributed by atoms with Crippen LogP contribution in [0.2, 0.25) is 0 Å². The van der Waals surface area contributed by atoms with Gasteiger partial charge in [-0.3, -0.25) is 4.68 Å². The normalized spacial score (nSPS) is 11.7. The number of aromatic nitrogens is 2. The lowest BCUT2D eigenvalue weighted by Gasteiger charge is -2.28. The molecular formula is C22H27F5N2O4. The SMILES string of the molecule is CCc1nn(CCOC)c(-c2ccc(CC(C)(C)C(F)(F)F)cc2OC(F)F)c1C.O=C=O. The topological polar surface area (TPSA) is 70.4 Å². The van der Waals surface area contributed by atoms with Gasteiger partial charge in [-0.05, 0) is 43.0 Å². The van der Waals surface area contributed by atoms with E-state index in [-0.39, 0.29) is 23.9 Å². The predicted octanol–water partition coefficient (Wildman–Crippen LogP) is 5.22. The van der Waals surface area contributed by atoms with Gasteiger partial charge >= 0.3 is 18.9 Å². The summed E-state index contributed by atoms with van der Waals surface area (Å²) in [5.41, 5.74) is 0.781. The molecule has 33 heavy (non-hydrogen) atoms. The summed E-state index contributed by atoms with van der Waals surface area (Å²) >= 11 is 0. The summed E-state index contributed by atoms with van der Waals surface area (Å²) < 4.78 is 77.5. The third kappa shape index (κ3) is 7.36. The van der Waals surface area contributed by atoms with Crippen molar-refractivity contribution in [3.05, 3.63) is 35.0 Å². The lowest BCUT2D eigenvalue weighted by molar-refractivity contribution is -0.211. The second kappa shape index (κ2) is 11.9. The number of aryl methyl sites for hydroxylation is 1. The molecule has 0 amide bonds. The third-order valence-electron chi connectivity index (χ3n) is 5.06. The van der Waals surface area contributed by atoms with Crippen molar-refractivity contribution in [1.82, 2.24) is 9.78 Å². The number of ether oxygens (including phenoxy) is 2. The van der Waals surface area contributed by atoms with E-state index in [1.807, 2.05) is 13.8 Å². The average Bonchev–Trinajstić information content (AvgIpc) is 3.01. The maximum atomic E-state index is 13.3. The van der Waals surface area contributed by atoms with E-state index in [0.29, 0.717) is 30.8 Å². The number of nitrogens with zero attached hydrogens (tertiary/aromatic N) is 2. The summed E-state index contributed by atoms with van der Waals surface area (Å²) in [6.07, 6.45) is -3.90. The highest BCUT2D eigenvalue weighted by Gasteiger charge is 2.47. The largest absolute Gasteiger partial charge is 0.434 e. The Kier molecular flexibility index (Phi) is 10.2. The summed E-state index contributed by atoms with van der Waals surface area (Å²) in [4.78, 5) is 16.2. The van der Waals surface area contributed by atoms with Crippen molar-refractivity contribution in [3.8, 4) is 17.0 Å². The van der Waals surface area contributed by atoms with Crippen LogP contribution in [0.1, 0.15) is 37.6 Å². The number of hydrogen-bond donors (Lipinski definition) is 0. The molecule has 0 fully saturated rings. The summed E-state index contributed by atoms with van der Waals surface area (Å²) in [7, 11) is 1.54. The van der Waals surface area contributed by atoms with Crippen LogP contribution in [0.25, 0.3) is 11.3 Å². The van der Waals surface area contributed by atoms with Gasteiger partial charge in [0.05, 0.1) is 30.0 Å². The zero-order chi connectivity index (χ0) is 25.4. The summed E-state index contributed by atoms with van der Waals surface area (Å²) in [5, 5.41) is 4.52. The van der Waals surface area contributed by atoms with Crippen molar-refractivity contribution < 1.29 is 41.0 Å². The third-order valence-corrected chi connectivity index (χ3v) is 5.06. The van der Waals surface area contributed by atoms with Gasteiger partial charge in [0.1, 0.15) is 5.75 Å². The molecule has 1 aromatic heterocycles. The minimum Gasteiger partial charge on any atom is -0.434 e. The molecule has 0 spiro atoms. The molecule has 2 rings (SSSR count). The highest BCUT2D eigenvalue weighted by molar-refractivity contribution is 5.71. The van der Waals surface area contributed by atoms with E-state index in [9.17, 15) is 22.0 Å². The van der Waals surface area contributed by atoms with Gasteiger partial charge in [-0.1, -0.05) is 26.8 Å². The molecule has 184 valence electrons. The highest BCUT2D eigenvalue weighted by atomic mass is 19.4. The Morgan fingerprint density at radius 1 is 1.18 bits per heavy atom. The van der Waals surface area contributed by atoms with E-state index in [4.69, 9.17) is 19.1 Å². The Morgan fingerprint density at radius 3 is 2.27 bits per heavy atom. The minimum atomic E-state index is -4.43. The summed E-state index contributed by atoms with van der Waals surface area (Å²) in [6, 6.07) is 4.29. The number of benzene rings is 1. The molecule has 0 aliphatic rings. The average molecular weight is 478 g/mol. The van der Waals surface area contributed by atoms with Gasteiger partial charge in [-0.15, -0.1) is 0 Å². The lowest BCUT2D eigenvalue weighted by atomic mass is 9.84. The zero-order valence-electron chi connectivity index (χ0n) is 19.1. The van der Waals surface area contributed by atoms with Crippen molar-refractivity contribution >= 4 is 6.15 Å². The fourth-order valence-corrected chi connectivity index (χ4v) is 3.29. The van der Waals surface area contributed by atoms with E-state index in [1.165, 1.54) is 18.2 Å². The van der Waals surface area contributed by atoms with Crippen LogP contribution in [-0.2, 0) is 33.7 Å². The van der Waals surface area contributed by atoms with Gasteiger partial charge < -0.3 is 9.47 Å². The van der Waals surface area contributed by atoms with Crippen LogP contribution < -0.4 is 4.74 Å². The first-order valence-corrected chi connectivity index (χ1v) is 10.0. The molecule has 6 nitrogen and oxygen atoms in total. The predicted molar refractivity (Wildman–Crippen MR) is 109 cm³/mol. The number of rotatable bonds is 9. The van der Waals surface area contributed by atoms with Gasteiger partial charge in [-0.25, -0.2) is 0 Å². The molecule has 1 aromatic carbocycles. The Hall–Kier alpha value is -2.78. The molecule has 1 heterocycles. The van der Waals surface area contributed by atoms with Gasteiger partial charge in [0, 0.05) is 12.7 Å². The Balaban J connectivity index is 0.00000172. The molecule has 0 radical (unpaired) electrons. The Morgan fingerprint density at radius 2 is 1.79 bits per heavy atom. The van der Waals surface area contributed by atoms with Crippen LogP contribution in [0.4, 0.5) is 22.0 Å². The molecule has 0 aliphatic carbocycles. The Bertz CT molecular complexity index is 949. The van der Waals surface area contributed by atoms with Gasteiger partial charge in [-0.2, -0.15) is 36.6 Å². The molecule has 0 saturated heterocycles. The molecule has 0 N–H and O–H groups in total. The van der Waals surface area contributed by atoms with E-state index < -0.39 is 18.2 Å². The van der Waals surface area contributed by atoms with Crippen LogP contribution in [-0.4, -0.2) is 42.4 Å². The van der Waals surface area contributed by atoms with Crippen LogP contribution >= 0.6 is 0 Å². The first-order chi connectivity index (χ1) is 15.3. The maximum absolute atomic E-state index is 13.3. The molecule has 11 heteroatoms. The quantitative estimate of drug-likeness (QED) is 0.463. The van der Waals surface area contributed by atoms with Crippen LogP contribution in [0.3, 0.4) is 0 Å². The van der Waals surface area contributed by atoms with Gasteiger partial charge in [0.2, 0.25) is 0 Å². The van der Waals surface area contributed by atoms with Crippen molar-refractivity contribution in [2.45, 2.75) is 59.9 Å². The van der Waals surface area contributed by atoms with Crippen molar-refractivity contribution in [2.24, 2.45) is 5.41 Å². The molecule has 0 saturated carbocycles. The fourth-order valence-electron chi connectivity index (χ4n) is 3.29. The van der Waals surface area contributed by atoms with Crippen molar-refractivity contribution in [3.63, 3.8) is 0 Å². The number of methoxy groups -OCH3 is 1. The van der Waals surface area contributed by atoms with Crippen LogP contribution in [0.5, 0.6) is 5.75 Å². The molecular weight excluding hydrogens is 451 g/mol. The zero-order valence-corrected chi connectivity index (χ0v) is 19.1. The molecule has 0 bridgehead atoms. The Labute approximate surface area is 188 Å². The minimum absolute atomic E-state index is 0.176. The number of halogens is 5. The molecule has 0 aliphatic heterocycles. The van der Waals surface area contributed by atoms with E-state index in [0.717, 1.165) is 25.1 Å². The second-order valence-corrected chi connectivity index (χ2v) is 7.84. The molecule has 0 unspecified atom stereocenters. The number of carbonyl (C=O) groups excluding carboxylic acids is 2. The monoisotopic (exact) mass is 478 g/mol. The lowest BCUT2D eigenvalue weighted by Crippen LogP contribution is -2.34. The maximum Gasteiger partial charge on any atom is 0.394 e. The second-order valence-electron chi connectivity index (χ2n) is 7.84. The number of hydrogen-bond acceptors (Lipinski definition) is 5. The van der Waals surface area contributed by atoms with E-state index in [2.05, 4.69) is 5.10 Å². The smallest absolute Gasteiger partial charge is 0.394 e. The van der Waals surface area contributed by atoms with E-state index >= 15 is 0 Å². The number of alkyl halides is 5.